The maximum absolute atomic E-state index is 12.9. The Morgan fingerprint density at radius 2 is 2.11 bits per heavy atom. The number of nitrogens with one attached hydrogen (secondary N) is 1. The fourth-order valence-corrected chi connectivity index (χ4v) is 1.77. The SMILES string of the molecule is Cc1cc(F)ccc1CCNCC(=O)N(C)C(C)C. The average molecular weight is 266 g/mol. The van der Waals surface area contributed by atoms with Crippen LogP contribution in [0.4, 0.5) is 4.39 Å². The number of hydrogen-bond donors (Lipinski definition) is 1. The van der Waals surface area contributed by atoms with E-state index >= 15 is 0 Å². The highest BCUT2D eigenvalue weighted by Crippen LogP contribution is 2.10. The molecule has 0 unspecified atom stereocenters. The third kappa shape index (κ3) is 4.99. The van der Waals surface area contributed by atoms with Gasteiger partial charge in [-0.25, -0.2) is 4.39 Å². The van der Waals surface area contributed by atoms with E-state index in [1.54, 1.807) is 18.0 Å². The van der Waals surface area contributed by atoms with Crippen molar-refractivity contribution in [3.05, 3.63) is 35.1 Å². The van der Waals surface area contributed by atoms with Crippen molar-refractivity contribution in [3.63, 3.8) is 0 Å². The lowest BCUT2D eigenvalue weighted by Gasteiger charge is -2.21. The molecule has 0 aliphatic carbocycles. The summed E-state index contributed by atoms with van der Waals surface area (Å²) in [6.45, 7) is 6.93. The first kappa shape index (κ1) is 15.6. The van der Waals surface area contributed by atoms with E-state index in [9.17, 15) is 9.18 Å². The van der Waals surface area contributed by atoms with Gasteiger partial charge in [-0.2, -0.15) is 0 Å². The molecule has 4 heteroatoms. The third-order valence-electron chi connectivity index (χ3n) is 3.32. The van der Waals surface area contributed by atoms with E-state index in [0.717, 1.165) is 17.5 Å². The van der Waals surface area contributed by atoms with Gasteiger partial charge in [-0.05, 0) is 57.0 Å². The van der Waals surface area contributed by atoms with Crippen molar-refractivity contribution in [2.75, 3.05) is 20.1 Å². The minimum Gasteiger partial charge on any atom is -0.342 e. The number of likely N-dealkylation sites (N-methyl/N-ethyl adjacent to an activating group) is 1. The van der Waals surface area contributed by atoms with Gasteiger partial charge in [0, 0.05) is 13.1 Å². The molecule has 0 aliphatic heterocycles. The van der Waals surface area contributed by atoms with Crippen molar-refractivity contribution in [2.45, 2.75) is 33.2 Å². The lowest BCUT2D eigenvalue weighted by atomic mass is 10.1. The zero-order chi connectivity index (χ0) is 14.4. The lowest BCUT2D eigenvalue weighted by Crippen LogP contribution is -2.39. The molecule has 0 saturated heterocycles. The Bertz CT molecular complexity index is 432. The van der Waals surface area contributed by atoms with Crippen LogP contribution in [0.15, 0.2) is 18.2 Å². The number of benzene rings is 1. The number of rotatable bonds is 6. The molecule has 106 valence electrons. The molecule has 1 aromatic carbocycles. The highest BCUT2D eigenvalue weighted by molar-refractivity contribution is 5.78. The van der Waals surface area contributed by atoms with Gasteiger partial charge in [0.25, 0.3) is 0 Å². The maximum atomic E-state index is 12.9. The van der Waals surface area contributed by atoms with Gasteiger partial charge in [0.15, 0.2) is 0 Å². The summed E-state index contributed by atoms with van der Waals surface area (Å²) in [7, 11) is 1.80. The van der Waals surface area contributed by atoms with Crippen LogP contribution in [0.3, 0.4) is 0 Å². The molecule has 0 radical (unpaired) electrons. The number of halogens is 1. The van der Waals surface area contributed by atoms with Crippen molar-refractivity contribution < 1.29 is 9.18 Å². The molecule has 3 nitrogen and oxygen atoms in total. The third-order valence-corrected chi connectivity index (χ3v) is 3.32. The van der Waals surface area contributed by atoms with Crippen LogP contribution in [0.2, 0.25) is 0 Å². The highest BCUT2D eigenvalue weighted by Gasteiger charge is 2.10. The second kappa shape index (κ2) is 7.24. The van der Waals surface area contributed by atoms with E-state index in [2.05, 4.69) is 5.32 Å². The second-order valence-corrected chi connectivity index (χ2v) is 5.10. The number of hydrogen-bond acceptors (Lipinski definition) is 2. The molecule has 1 amide bonds. The Labute approximate surface area is 114 Å². The van der Waals surface area contributed by atoms with Crippen molar-refractivity contribution in [1.29, 1.82) is 0 Å². The summed E-state index contributed by atoms with van der Waals surface area (Å²) >= 11 is 0. The minimum absolute atomic E-state index is 0.0887. The molecule has 0 bridgehead atoms. The molecule has 0 fully saturated rings. The van der Waals surface area contributed by atoms with Gasteiger partial charge in [-0.1, -0.05) is 6.07 Å². The zero-order valence-corrected chi connectivity index (χ0v) is 12.2. The van der Waals surface area contributed by atoms with Gasteiger partial charge < -0.3 is 10.2 Å². The van der Waals surface area contributed by atoms with E-state index in [0.29, 0.717) is 13.1 Å². The quantitative estimate of drug-likeness (QED) is 0.800. The van der Waals surface area contributed by atoms with Crippen LogP contribution in [0.1, 0.15) is 25.0 Å². The number of nitrogens with zero attached hydrogens (tertiary/aromatic N) is 1. The Morgan fingerprint density at radius 1 is 1.42 bits per heavy atom. The van der Waals surface area contributed by atoms with Crippen LogP contribution >= 0.6 is 0 Å². The van der Waals surface area contributed by atoms with Gasteiger partial charge >= 0.3 is 0 Å². The second-order valence-electron chi connectivity index (χ2n) is 5.10. The molecule has 1 rings (SSSR count). The molecule has 1 aromatic rings. The molecular formula is C15H23FN2O. The molecule has 0 aromatic heterocycles. The fraction of sp³-hybridized carbons (Fsp3) is 0.533. The van der Waals surface area contributed by atoms with Crippen molar-refractivity contribution >= 4 is 5.91 Å². The van der Waals surface area contributed by atoms with Crippen LogP contribution in [0.5, 0.6) is 0 Å². The van der Waals surface area contributed by atoms with E-state index in [1.807, 2.05) is 20.8 Å². The van der Waals surface area contributed by atoms with E-state index < -0.39 is 0 Å². The fourth-order valence-electron chi connectivity index (χ4n) is 1.77. The first-order valence-corrected chi connectivity index (χ1v) is 6.63. The number of amides is 1. The van der Waals surface area contributed by atoms with E-state index in [4.69, 9.17) is 0 Å². The number of carbonyl (C=O) groups excluding carboxylic acids is 1. The molecule has 1 N–H and O–H groups in total. The summed E-state index contributed by atoms with van der Waals surface area (Å²) in [6.07, 6.45) is 0.796. The predicted molar refractivity (Wildman–Crippen MR) is 75.6 cm³/mol. The Kier molecular flexibility index (Phi) is 5.96. The molecule has 19 heavy (non-hydrogen) atoms. The Morgan fingerprint density at radius 3 is 2.68 bits per heavy atom. The Hall–Kier alpha value is -1.42. The smallest absolute Gasteiger partial charge is 0.236 e. The zero-order valence-electron chi connectivity index (χ0n) is 12.2. The molecule has 0 spiro atoms. The maximum Gasteiger partial charge on any atom is 0.236 e. The standard InChI is InChI=1S/C15H23FN2O/c1-11(2)18(4)15(19)10-17-8-7-13-5-6-14(16)9-12(13)3/h5-6,9,11,17H,7-8,10H2,1-4H3. The normalized spacial score (nSPS) is 10.8. The van der Waals surface area contributed by atoms with Crippen molar-refractivity contribution in [3.8, 4) is 0 Å². The van der Waals surface area contributed by atoms with Gasteiger partial charge in [0.05, 0.1) is 6.54 Å². The molecular weight excluding hydrogens is 243 g/mol. The molecule has 0 aliphatic rings. The van der Waals surface area contributed by atoms with E-state index in [-0.39, 0.29) is 17.8 Å². The first-order valence-electron chi connectivity index (χ1n) is 6.63. The summed E-state index contributed by atoms with van der Waals surface area (Å²) in [5.41, 5.74) is 2.06. The first-order chi connectivity index (χ1) is 8.91. The number of carbonyl (C=O) groups is 1. The summed E-state index contributed by atoms with van der Waals surface area (Å²) in [5.74, 6) is -0.117. The predicted octanol–water partition coefficient (Wildman–Crippen LogP) is 2.13. The van der Waals surface area contributed by atoms with Crippen LogP contribution in [0.25, 0.3) is 0 Å². The van der Waals surface area contributed by atoms with Crippen molar-refractivity contribution in [2.24, 2.45) is 0 Å². The molecule has 0 heterocycles. The van der Waals surface area contributed by atoms with E-state index in [1.165, 1.54) is 12.1 Å². The average Bonchev–Trinajstić information content (AvgIpc) is 2.35. The van der Waals surface area contributed by atoms with Gasteiger partial charge in [-0.3, -0.25) is 4.79 Å². The van der Waals surface area contributed by atoms with Crippen LogP contribution in [-0.2, 0) is 11.2 Å². The highest BCUT2D eigenvalue weighted by atomic mass is 19.1. The Balaban J connectivity index is 2.33. The van der Waals surface area contributed by atoms with Gasteiger partial charge in [-0.15, -0.1) is 0 Å². The van der Waals surface area contributed by atoms with Gasteiger partial charge in [0.1, 0.15) is 5.82 Å². The van der Waals surface area contributed by atoms with Gasteiger partial charge in [0.2, 0.25) is 5.91 Å². The summed E-state index contributed by atoms with van der Waals surface area (Å²) in [4.78, 5) is 13.4. The summed E-state index contributed by atoms with van der Waals surface area (Å²) in [6, 6.07) is 5.02. The minimum atomic E-state index is -0.206. The topological polar surface area (TPSA) is 32.3 Å². The molecule has 0 saturated carbocycles. The van der Waals surface area contributed by atoms with Crippen LogP contribution in [-0.4, -0.2) is 37.0 Å². The molecule has 0 atom stereocenters. The van der Waals surface area contributed by atoms with Crippen LogP contribution in [0, 0.1) is 12.7 Å². The summed E-state index contributed by atoms with van der Waals surface area (Å²) in [5, 5.41) is 3.13. The van der Waals surface area contributed by atoms with Crippen LogP contribution < -0.4 is 5.32 Å². The monoisotopic (exact) mass is 266 g/mol. The largest absolute Gasteiger partial charge is 0.342 e. The summed E-state index contributed by atoms with van der Waals surface area (Å²) < 4.78 is 12.9. The van der Waals surface area contributed by atoms with Crippen molar-refractivity contribution in [1.82, 2.24) is 10.2 Å². The number of aryl methyl sites for hydroxylation is 1. The lowest BCUT2D eigenvalue weighted by molar-refractivity contribution is -0.130.